The SMILES string of the molecule is CC(I)C1CCNCC1. The van der Waals surface area contributed by atoms with Gasteiger partial charge in [-0.1, -0.05) is 29.5 Å². The van der Waals surface area contributed by atoms with Crippen molar-refractivity contribution in [2.75, 3.05) is 13.1 Å². The fourth-order valence-electron chi connectivity index (χ4n) is 1.30. The first-order chi connectivity index (χ1) is 4.30. The molecule has 9 heavy (non-hydrogen) atoms. The van der Waals surface area contributed by atoms with E-state index in [1.54, 1.807) is 0 Å². The molecule has 0 aliphatic carbocycles. The average Bonchev–Trinajstić information content (AvgIpc) is 1.90. The summed E-state index contributed by atoms with van der Waals surface area (Å²) in [6, 6.07) is 0. The molecule has 1 fully saturated rings. The Balaban J connectivity index is 2.23. The molecule has 0 saturated carbocycles. The molecule has 1 atom stereocenters. The largest absolute Gasteiger partial charge is 0.317 e. The van der Waals surface area contributed by atoms with Crippen LogP contribution in [-0.2, 0) is 0 Å². The Labute approximate surface area is 70.7 Å². The van der Waals surface area contributed by atoms with Crippen LogP contribution in [0.15, 0.2) is 0 Å². The van der Waals surface area contributed by atoms with Gasteiger partial charge in [0.25, 0.3) is 0 Å². The summed E-state index contributed by atoms with van der Waals surface area (Å²) >= 11 is 2.53. The molecule has 54 valence electrons. The summed E-state index contributed by atoms with van der Waals surface area (Å²) in [5, 5.41) is 3.37. The van der Waals surface area contributed by atoms with Crippen molar-refractivity contribution < 1.29 is 0 Å². The summed E-state index contributed by atoms with van der Waals surface area (Å²) in [5.74, 6) is 0.979. The molecule has 1 aliphatic rings. The van der Waals surface area contributed by atoms with Crippen LogP contribution in [0.1, 0.15) is 19.8 Å². The van der Waals surface area contributed by atoms with Crippen LogP contribution >= 0.6 is 22.6 Å². The molecule has 2 heteroatoms. The van der Waals surface area contributed by atoms with Gasteiger partial charge in [0.15, 0.2) is 0 Å². The fraction of sp³-hybridized carbons (Fsp3) is 1.00. The molecule has 0 radical (unpaired) electrons. The number of halogens is 1. The Morgan fingerprint density at radius 2 is 2.00 bits per heavy atom. The van der Waals surface area contributed by atoms with Crippen molar-refractivity contribution >= 4 is 22.6 Å². The minimum Gasteiger partial charge on any atom is -0.317 e. The van der Waals surface area contributed by atoms with E-state index in [0.29, 0.717) is 0 Å². The monoisotopic (exact) mass is 239 g/mol. The summed E-state index contributed by atoms with van der Waals surface area (Å²) < 4.78 is 0.865. The predicted molar refractivity (Wildman–Crippen MR) is 49.1 cm³/mol. The van der Waals surface area contributed by atoms with Gasteiger partial charge in [-0.3, -0.25) is 0 Å². The van der Waals surface area contributed by atoms with Gasteiger partial charge in [-0.05, 0) is 31.8 Å². The number of nitrogens with one attached hydrogen (secondary N) is 1. The maximum absolute atomic E-state index is 3.37. The predicted octanol–water partition coefficient (Wildman–Crippen LogP) is 1.81. The third kappa shape index (κ3) is 2.42. The van der Waals surface area contributed by atoms with Gasteiger partial charge in [0.05, 0.1) is 0 Å². The summed E-state index contributed by atoms with van der Waals surface area (Å²) in [6.45, 7) is 4.78. The summed E-state index contributed by atoms with van der Waals surface area (Å²) in [5.41, 5.74) is 0. The van der Waals surface area contributed by atoms with Crippen molar-refractivity contribution in [3.8, 4) is 0 Å². The lowest BCUT2D eigenvalue weighted by Crippen LogP contribution is -2.30. The summed E-state index contributed by atoms with van der Waals surface area (Å²) in [7, 11) is 0. The molecule has 1 N–H and O–H groups in total. The zero-order valence-electron chi connectivity index (χ0n) is 5.86. The Hall–Kier alpha value is 0.690. The van der Waals surface area contributed by atoms with Crippen LogP contribution in [0, 0.1) is 5.92 Å². The Morgan fingerprint density at radius 1 is 1.44 bits per heavy atom. The first-order valence-electron chi connectivity index (χ1n) is 3.65. The van der Waals surface area contributed by atoms with Crippen LogP contribution in [0.25, 0.3) is 0 Å². The first kappa shape index (κ1) is 7.79. The van der Waals surface area contributed by atoms with Crippen LogP contribution < -0.4 is 5.32 Å². The Kier molecular flexibility index (Phi) is 3.26. The third-order valence-corrected chi connectivity index (χ3v) is 3.05. The molecule has 1 aliphatic heterocycles. The van der Waals surface area contributed by atoms with Crippen molar-refractivity contribution in [1.82, 2.24) is 5.32 Å². The minimum absolute atomic E-state index is 0.865. The highest BCUT2D eigenvalue weighted by Crippen LogP contribution is 2.21. The maximum atomic E-state index is 3.37. The molecule has 1 unspecified atom stereocenters. The molecular weight excluding hydrogens is 225 g/mol. The normalized spacial score (nSPS) is 26.0. The van der Waals surface area contributed by atoms with E-state index >= 15 is 0 Å². The van der Waals surface area contributed by atoms with Gasteiger partial charge in [0.1, 0.15) is 0 Å². The smallest absolute Gasteiger partial charge is 0.0110 e. The number of piperidine rings is 1. The van der Waals surface area contributed by atoms with E-state index in [4.69, 9.17) is 0 Å². The molecule has 0 aromatic rings. The van der Waals surface area contributed by atoms with Crippen LogP contribution in [0.5, 0.6) is 0 Å². The van der Waals surface area contributed by atoms with E-state index in [1.165, 1.54) is 25.9 Å². The van der Waals surface area contributed by atoms with E-state index < -0.39 is 0 Å². The lowest BCUT2D eigenvalue weighted by Gasteiger charge is -2.24. The number of hydrogen-bond acceptors (Lipinski definition) is 1. The standard InChI is InChI=1S/C7H14IN/c1-6(8)7-2-4-9-5-3-7/h6-7,9H,2-5H2,1H3. The van der Waals surface area contributed by atoms with Crippen molar-refractivity contribution in [2.24, 2.45) is 5.92 Å². The van der Waals surface area contributed by atoms with Gasteiger partial charge in [0, 0.05) is 3.92 Å². The zero-order chi connectivity index (χ0) is 6.69. The van der Waals surface area contributed by atoms with Crippen LogP contribution in [0.4, 0.5) is 0 Å². The Bertz CT molecular complexity index is 77.0. The van der Waals surface area contributed by atoms with Gasteiger partial charge >= 0.3 is 0 Å². The molecule has 0 aromatic carbocycles. The van der Waals surface area contributed by atoms with E-state index in [9.17, 15) is 0 Å². The molecule has 1 nitrogen and oxygen atoms in total. The van der Waals surface area contributed by atoms with Crippen molar-refractivity contribution in [2.45, 2.75) is 23.7 Å². The highest BCUT2D eigenvalue weighted by molar-refractivity contribution is 14.1. The van der Waals surface area contributed by atoms with Crippen molar-refractivity contribution in [1.29, 1.82) is 0 Å². The quantitative estimate of drug-likeness (QED) is 0.543. The molecule has 0 bridgehead atoms. The van der Waals surface area contributed by atoms with Crippen molar-refractivity contribution in [3.63, 3.8) is 0 Å². The summed E-state index contributed by atoms with van der Waals surface area (Å²) in [6.07, 6.45) is 2.76. The molecule has 0 aromatic heterocycles. The lowest BCUT2D eigenvalue weighted by molar-refractivity contribution is 0.379. The van der Waals surface area contributed by atoms with Crippen molar-refractivity contribution in [3.05, 3.63) is 0 Å². The zero-order valence-corrected chi connectivity index (χ0v) is 8.02. The first-order valence-corrected chi connectivity index (χ1v) is 4.90. The van der Waals surface area contributed by atoms with Gasteiger partial charge in [0.2, 0.25) is 0 Å². The number of alkyl halides is 1. The van der Waals surface area contributed by atoms with Crippen LogP contribution in [0.2, 0.25) is 0 Å². The number of hydrogen-bond donors (Lipinski definition) is 1. The molecule has 0 amide bonds. The second kappa shape index (κ2) is 3.76. The third-order valence-electron chi connectivity index (χ3n) is 2.03. The van der Waals surface area contributed by atoms with Gasteiger partial charge < -0.3 is 5.32 Å². The topological polar surface area (TPSA) is 12.0 Å². The van der Waals surface area contributed by atoms with Gasteiger partial charge in [-0.25, -0.2) is 0 Å². The highest BCUT2D eigenvalue weighted by Gasteiger charge is 2.16. The Morgan fingerprint density at radius 3 is 2.33 bits per heavy atom. The second-order valence-electron chi connectivity index (χ2n) is 2.76. The van der Waals surface area contributed by atoms with E-state index in [0.717, 1.165) is 9.84 Å². The van der Waals surface area contributed by atoms with Gasteiger partial charge in [-0.15, -0.1) is 0 Å². The van der Waals surface area contributed by atoms with Gasteiger partial charge in [-0.2, -0.15) is 0 Å². The number of rotatable bonds is 1. The minimum atomic E-state index is 0.865. The van der Waals surface area contributed by atoms with E-state index in [1.807, 2.05) is 0 Å². The molecular formula is C7H14IN. The lowest BCUT2D eigenvalue weighted by atomic mass is 9.96. The molecule has 1 heterocycles. The van der Waals surface area contributed by atoms with E-state index in [-0.39, 0.29) is 0 Å². The molecule has 0 spiro atoms. The maximum Gasteiger partial charge on any atom is 0.0110 e. The second-order valence-corrected chi connectivity index (χ2v) is 4.73. The fourth-order valence-corrected chi connectivity index (χ4v) is 2.02. The average molecular weight is 239 g/mol. The van der Waals surface area contributed by atoms with Crippen LogP contribution in [-0.4, -0.2) is 17.0 Å². The summed E-state index contributed by atoms with van der Waals surface area (Å²) in [4.78, 5) is 0. The molecule has 1 rings (SSSR count). The molecule has 1 saturated heterocycles. The van der Waals surface area contributed by atoms with Crippen LogP contribution in [0.3, 0.4) is 0 Å². The highest BCUT2D eigenvalue weighted by atomic mass is 127. The van der Waals surface area contributed by atoms with E-state index in [2.05, 4.69) is 34.8 Å².